The Morgan fingerprint density at radius 1 is 1.21 bits per heavy atom. The number of nitrogens with two attached hydrogens (primary N) is 1. The predicted molar refractivity (Wildman–Crippen MR) is 53.4 cm³/mol. The first-order valence-electron chi connectivity index (χ1n) is 4.41. The van der Waals surface area contributed by atoms with E-state index in [1.165, 1.54) is 17.0 Å². The summed E-state index contributed by atoms with van der Waals surface area (Å²) in [5.74, 6) is -0.819. The highest BCUT2D eigenvalue weighted by Crippen LogP contribution is 2.21. The minimum Gasteiger partial charge on any atom is -0.375 e. The number of rotatable bonds is 3. The molecule has 2 nitrogen and oxygen atoms in total. The van der Waals surface area contributed by atoms with E-state index >= 15 is 0 Å². The first kappa shape index (κ1) is 10.9. The highest BCUT2D eigenvalue weighted by Gasteiger charge is 2.10. The average Bonchev–Trinajstić information content (AvgIpc) is 2.10. The highest BCUT2D eigenvalue weighted by atomic mass is 19.1. The Hall–Kier alpha value is -1.16. The molecule has 0 aliphatic rings. The quantitative estimate of drug-likeness (QED) is 0.801. The number of halogens is 2. The van der Waals surface area contributed by atoms with E-state index in [-0.39, 0.29) is 5.69 Å². The van der Waals surface area contributed by atoms with E-state index < -0.39 is 11.6 Å². The van der Waals surface area contributed by atoms with Crippen molar-refractivity contribution >= 4 is 5.69 Å². The summed E-state index contributed by atoms with van der Waals surface area (Å²) in [5.41, 5.74) is 5.86. The molecular weight excluding hydrogens is 186 g/mol. The van der Waals surface area contributed by atoms with Gasteiger partial charge in [-0.1, -0.05) is 0 Å². The van der Waals surface area contributed by atoms with Gasteiger partial charge in [-0.2, -0.15) is 0 Å². The van der Waals surface area contributed by atoms with Gasteiger partial charge in [-0.3, -0.25) is 0 Å². The van der Waals surface area contributed by atoms with E-state index in [0.29, 0.717) is 18.5 Å². The maximum Gasteiger partial charge on any atom is 0.146 e. The smallest absolute Gasteiger partial charge is 0.146 e. The van der Waals surface area contributed by atoms with Crippen molar-refractivity contribution in [1.82, 2.24) is 0 Å². The van der Waals surface area contributed by atoms with Crippen LogP contribution in [-0.4, -0.2) is 20.6 Å². The van der Waals surface area contributed by atoms with Crippen molar-refractivity contribution < 1.29 is 8.78 Å². The van der Waals surface area contributed by atoms with E-state index in [4.69, 9.17) is 5.73 Å². The second-order valence-electron chi connectivity index (χ2n) is 3.33. The topological polar surface area (TPSA) is 29.3 Å². The van der Waals surface area contributed by atoms with Crippen molar-refractivity contribution in [2.75, 3.05) is 25.5 Å². The maximum atomic E-state index is 13.4. The summed E-state index contributed by atoms with van der Waals surface area (Å²) in [4.78, 5) is 1.53. The molecule has 0 saturated heterocycles. The summed E-state index contributed by atoms with van der Waals surface area (Å²) in [7, 11) is 3.33. The van der Waals surface area contributed by atoms with Crippen molar-refractivity contribution in [2.24, 2.45) is 5.73 Å². The van der Waals surface area contributed by atoms with Crippen molar-refractivity contribution in [1.29, 1.82) is 0 Å². The Balaban J connectivity index is 3.10. The van der Waals surface area contributed by atoms with Crippen LogP contribution in [0.25, 0.3) is 0 Å². The molecule has 0 heterocycles. The molecule has 4 heteroatoms. The maximum absolute atomic E-state index is 13.4. The van der Waals surface area contributed by atoms with E-state index in [1.54, 1.807) is 14.1 Å². The van der Waals surface area contributed by atoms with Gasteiger partial charge in [0.1, 0.15) is 11.6 Å². The third-order valence-electron chi connectivity index (χ3n) is 2.01. The van der Waals surface area contributed by atoms with Crippen LogP contribution in [0.5, 0.6) is 0 Å². The van der Waals surface area contributed by atoms with Crippen LogP contribution in [0.15, 0.2) is 12.1 Å². The van der Waals surface area contributed by atoms with Crippen LogP contribution in [0.2, 0.25) is 0 Å². The molecule has 0 saturated carbocycles. The van der Waals surface area contributed by atoms with E-state index in [0.717, 1.165) is 0 Å². The van der Waals surface area contributed by atoms with E-state index in [9.17, 15) is 8.78 Å². The third-order valence-corrected chi connectivity index (χ3v) is 2.01. The molecule has 2 N–H and O–H groups in total. The van der Waals surface area contributed by atoms with Gasteiger partial charge < -0.3 is 10.6 Å². The fourth-order valence-electron chi connectivity index (χ4n) is 1.27. The van der Waals surface area contributed by atoms with Gasteiger partial charge in [0.15, 0.2) is 0 Å². The van der Waals surface area contributed by atoms with Crippen LogP contribution >= 0.6 is 0 Å². The van der Waals surface area contributed by atoms with Crippen LogP contribution in [0, 0.1) is 11.6 Å². The molecular formula is C10H14F2N2. The monoisotopic (exact) mass is 200 g/mol. The molecule has 14 heavy (non-hydrogen) atoms. The Kier molecular flexibility index (Phi) is 3.41. The van der Waals surface area contributed by atoms with Gasteiger partial charge in [-0.05, 0) is 24.6 Å². The Labute approximate surface area is 82.3 Å². The number of anilines is 1. The molecule has 0 aliphatic heterocycles. The fraction of sp³-hybridized carbons (Fsp3) is 0.400. The molecule has 78 valence electrons. The van der Waals surface area contributed by atoms with Crippen LogP contribution in [0.1, 0.15) is 5.56 Å². The van der Waals surface area contributed by atoms with Crippen molar-refractivity contribution in [3.05, 3.63) is 29.3 Å². The molecule has 0 atom stereocenters. The first-order valence-corrected chi connectivity index (χ1v) is 4.41. The standard InChI is InChI=1S/C10H14F2N2/c1-14(2)10-6-8(11)7(3-4-13)5-9(10)12/h5-6H,3-4,13H2,1-2H3. The molecule has 1 aromatic rings. The Bertz CT molecular complexity index is 324. The minimum absolute atomic E-state index is 0.253. The SMILES string of the molecule is CN(C)c1cc(F)c(CCN)cc1F. The minimum atomic E-state index is -0.417. The predicted octanol–water partition coefficient (Wildman–Crippen LogP) is 1.53. The van der Waals surface area contributed by atoms with Gasteiger partial charge >= 0.3 is 0 Å². The lowest BCUT2D eigenvalue weighted by Gasteiger charge is -2.14. The van der Waals surface area contributed by atoms with Crippen LogP contribution in [-0.2, 0) is 6.42 Å². The van der Waals surface area contributed by atoms with Crippen molar-refractivity contribution in [3.63, 3.8) is 0 Å². The average molecular weight is 200 g/mol. The second-order valence-corrected chi connectivity index (χ2v) is 3.33. The number of hydrogen-bond donors (Lipinski definition) is 1. The molecule has 0 amide bonds. The van der Waals surface area contributed by atoms with Gasteiger partial charge in [-0.15, -0.1) is 0 Å². The van der Waals surface area contributed by atoms with Crippen LogP contribution in [0.3, 0.4) is 0 Å². The summed E-state index contributed by atoms with van der Waals surface area (Å²) >= 11 is 0. The fourth-order valence-corrected chi connectivity index (χ4v) is 1.27. The number of nitrogens with zero attached hydrogens (tertiary/aromatic N) is 1. The zero-order chi connectivity index (χ0) is 10.7. The second kappa shape index (κ2) is 4.37. The first-order chi connectivity index (χ1) is 6.56. The number of hydrogen-bond acceptors (Lipinski definition) is 2. The van der Waals surface area contributed by atoms with Gasteiger partial charge in [0.25, 0.3) is 0 Å². The summed E-state index contributed by atoms with van der Waals surface area (Å²) in [6.07, 6.45) is 0.358. The lowest BCUT2D eigenvalue weighted by molar-refractivity contribution is 0.584. The number of benzene rings is 1. The molecule has 0 spiro atoms. The highest BCUT2D eigenvalue weighted by molar-refractivity contribution is 5.48. The van der Waals surface area contributed by atoms with Gasteiger partial charge in [0, 0.05) is 20.2 Å². The zero-order valence-electron chi connectivity index (χ0n) is 8.35. The lowest BCUT2D eigenvalue weighted by atomic mass is 10.1. The lowest BCUT2D eigenvalue weighted by Crippen LogP contribution is -2.12. The summed E-state index contributed by atoms with van der Waals surface area (Å²) in [5, 5.41) is 0. The largest absolute Gasteiger partial charge is 0.375 e. The summed E-state index contributed by atoms with van der Waals surface area (Å²) in [6, 6.07) is 2.40. The molecule has 0 bridgehead atoms. The molecule has 1 rings (SSSR count). The van der Waals surface area contributed by atoms with Crippen molar-refractivity contribution in [3.8, 4) is 0 Å². The zero-order valence-corrected chi connectivity index (χ0v) is 8.35. The van der Waals surface area contributed by atoms with Crippen molar-refractivity contribution in [2.45, 2.75) is 6.42 Å². The van der Waals surface area contributed by atoms with E-state index in [2.05, 4.69) is 0 Å². The summed E-state index contributed by atoms with van der Waals surface area (Å²) in [6.45, 7) is 0.317. The normalized spacial score (nSPS) is 10.4. The van der Waals surface area contributed by atoms with Gasteiger partial charge in [0.05, 0.1) is 5.69 Å². The molecule has 0 aromatic heterocycles. The Morgan fingerprint density at radius 2 is 1.86 bits per heavy atom. The molecule has 0 fully saturated rings. The molecule has 0 unspecified atom stereocenters. The molecule has 0 aliphatic carbocycles. The van der Waals surface area contributed by atoms with Crippen LogP contribution in [0.4, 0.5) is 14.5 Å². The summed E-state index contributed by atoms with van der Waals surface area (Å²) < 4.78 is 26.7. The van der Waals surface area contributed by atoms with Gasteiger partial charge in [-0.25, -0.2) is 8.78 Å². The van der Waals surface area contributed by atoms with Gasteiger partial charge in [0.2, 0.25) is 0 Å². The van der Waals surface area contributed by atoms with Crippen LogP contribution < -0.4 is 10.6 Å². The van der Waals surface area contributed by atoms with E-state index in [1.807, 2.05) is 0 Å². The third kappa shape index (κ3) is 2.20. The Morgan fingerprint density at radius 3 is 2.36 bits per heavy atom. The molecule has 0 radical (unpaired) electrons. The molecule has 1 aromatic carbocycles.